The van der Waals surface area contributed by atoms with E-state index in [-0.39, 0.29) is 0 Å². The first kappa shape index (κ1) is 36.5. The van der Waals surface area contributed by atoms with Crippen molar-refractivity contribution in [3.63, 3.8) is 0 Å². The van der Waals surface area contributed by atoms with Crippen molar-refractivity contribution in [3.8, 4) is 17.1 Å². The minimum Gasteiger partial charge on any atom is -0.307 e. The van der Waals surface area contributed by atoms with E-state index in [4.69, 9.17) is 0 Å². The van der Waals surface area contributed by atoms with Gasteiger partial charge in [0.2, 0.25) is 0 Å². The molecular weight excluding hydrogens is 791 g/mol. The number of hydrogen-bond acceptors (Lipinski definition) is 0. The molecule has 64 heavy (non-hydrogen) atoms. The number of para-hydroxylation sites is 5. The Morgan fingerprint density at radius 1 is 0.250 bits per heavy atom. The fourth-order valence-corrected chi connectivity index (χ4v) is 15.8. The smallest absolute Gasteiger partial charge is 0.179 e. The second-order valence-corrected chi connectivity index (χ2v) is 20.6. The van der Waals surface area contributed by atoms with Crippen LogP contribution in [0.15, 0.2) is 249 Å². The molecule has 0 amide bonds. The third-order valence-corrected chi connectivity index (χ3v) is 18.3. The van der Waals surface area contributed by atoms with E-state index in [1.54, 1.807) is 0 Å². The minimum atomic E-state index is -2.86. The van der Waals surface area contributed by atoms with Crippen LogP contribution < -0.4 is 20.7 Å². The lowest BCUT2D eigenvalue weighted by Crippen LogP contribution is -2.74. The van der Waals surface area contributed by atoms with E-state index in [2.05, 4.69) is 262 Å². The summed E-state index contributed by atoms with van der Waals surface area (Å²) in [6, 6.07) is 92.4. The first-order valence-corrected chi connectivity index (χ1v) is 24.1. The summed E-state index contributed by atoms with van der Waals surface area (Å²) in [5.41, 5.74) is 10.4. The molecule has 3 nitrogen and oxygen atoms in total. The maximum atomic E-state index is 2.56. The molecule has 3 aromatic heterocycles. The standard InChI is InChI=1S/C60H41N3Si/c1-4-22-43(23-5-1)64(44-24-6-2-7-25-44,45-26-8-3-9-27-45)46-28-20-21-42(41-46)61-53-34-15-14-33-51(53)52-39-40-58(62-54-35-16-10-29-47(54)48-30-11-17-36-55(48)62)60(59(52)61)63-56-37-18-12-31-49(56)50-32-13-19-38-57(50)63/h1-41H. The average molecular weight is 832 g/mol. The van der Waals surface area contributed by atoms with Crippen LogP contribution in [-0.2, 0) is 0 Å². The van der Waals surface area contributed by atoms with E-state index in [0.717, 1.165) is 22.6 Å². The lowest BCUT2D eigenvalue weighted by atomic mass is 10.1. The Bertz CT molecular complexity index is 3690. The van der Waals surface area contributed by atoms with E-state index in [1.807, 2.05) is 0 Å². The fourth-order valence-electron chi connectivity index (χ4n) is 11.0. The van der Waals surface area contributed by atoms with Crippen LogP contribution in [0.3, 0.4) is 0 Å². The molecule has 0 aliphatic carbocycles. The van der Waals surface area contributed by atoms with Gasteiger partial charge in [0.25, 0.3) is 0 Å². The van der Waals surface area contributed by atoms with Crippen LogP contribution in [0.1, 0.15) is 0 Å². The molecule has 0 spiro atoms. The van der Waals surface area contributed by atoms with Crippen molar-refractivity contribution in [2.24, 2.45) is 0 Å². The van der Waals surface area contributed by atoms with Crippen LogP contribution in [0.5, 0.6) is 0 Å². The van der Waals surface area contributed by atoms with Crippen LogP contribution in [0.2, 0.25) is 0 Å². The normalized spacial score (nSPS) is 12.1. The largest absolute Gasteiger partial charge is 0.307 e. The Kier molecular flexibility index (Phi) is 8.23. The topological polar surface area (TPSA) is 14.8 Å². The van der Waals surface area contributed by atoms with E-state index in [9.17, 15) is 0 Å². The first-order chi connectivity index (χ1) is 31.8. The molecule has 10 aromatic carbocycles. The van der Waals surface area contributed by atoms with Gasteiger partial charge in [0, 0.05) is 38.0 Å². The number of nitrogens with zero attached hydrogens (tertiary/aromatic N) is 3. The summed E-state index contributed by atoms with van der Waals surface area (Å²) in [5, 5.41) is 12.8. The average Bonchev–Trinajstić information content (AvgIpc) is 4.01. The van der Waals surface area contributed by atoms with Gasteiger partial charge in [0.15, 0.2) is 8.07 Å². The van der Waals surface area contributed by atoms with Crippen LogP contribution in [-0.4, -0.2) is 21.8 Å². The van der Waals surface area contributed by atoms with Gasteiger partial charge in [0.1, 0.15) is 0 Å². The highest BCUT2D eigenvalue weighted by Crippen LogP contribution is 2.44. The van der Waals surface area contributed by atoms with Crippen LogP contribution >= 0.6 is 0 Å². The van der Waals surface area contributed by atoms with Crippen LogP contribution in [0.4, 0.5) is 0 Å². The molecule has 0 N–H and O–H groups in total. The molecule has 0 bridgehead atoms. The first-order valence-electron chi connectivity index (χ1n) is 22.1. The lowest BCUT2D eigenvalue weighted by Gasteiger charge is -2.34. The van der Waals surface area contributed by atoms with E-state index < -0.39 is 8.07 Å². The Balaban J connectivity index is 1.22. The van der Waals surface area contributed by atoms with Crippen LogP contribution in [0.25, 0.3) is 82.5 Å². The number of fused-ring (bicyclic) bond motifs is 9. The number of benzene rings is 10. The Hall–Kier alpha value is -8.18. The van der Waals surface area contributed by atoms with Gasteiger partial charge >= 0.3 is 0 Å². The maximum absolute atomic E-state index is 2.86. The zero-order valence-corrected chi connectivity index (χ0v) is 36.0. The van der Waals surface area contributed by atoms with Crippen LogP contribution in [0, 0.1) is 0 Å². The number of hydrogen-bond donors (Lipinski definition) is 0. The molecular formula is C60H41N3Si. The maximum Gasteiger partial charge on any atom is 0.179 e. The molecule has 0 atom stereocenters. The van der Waals surface area contributed by atoms with Gasteiger partial charge in [-0.1, -0.05) is 194 Å². The number of rotatable bonds is 7. The highest BCUT2D eigenvalue weighted by atomic mass is 28.3. The van der Waals surface area contributed by atoms with Crippen molar-refractivity contribution in [2.75, 3.05) is 0 Å². The van der Waals surface area contributed by atoms with E-state index in [0.29, 0.717) is 0 Å². The van der Waals surface area contributed by atoms with Gasteiger partial charge in [-0.15, -0.1) is 0 Å². The van der Waals surface area contributed by atoms with Gasteiger partial charge < -0.3 is 13.7 Å². The quantitative estimate of drug-likeness (QED) is 0.112. The van der Waals surface area contributed by atoms with Gasteiger partial charge in [-0.2, -0.15) is 0 Å². The fraction of sp³-hybridized carbons (Fsp3) is 0. The predicted molar refractivity (Wildman–Crippen MR) is 273 cm³/mol. The third-order valence-electron chi connectivity index (χ3n) is 13.6. The van der Waals surface area contributed by atoms with Gasteiger partial charge in [-0.3, -0.25) is 0 Å². The molecule has 0 radical (unpaired) electrons. The second kappa shape index (κ2) is 14.5. The molecule has 4 heteroatoms. The van der Waals surface area contributed by atoms with Crippen molar-refractivity contribution in [3.05, 3.63) is 249 Å². The van der Waals surface area contributed by atoms with Gasteiger partial charge in [-0.05, 0) is 75.3 Å². The molecule has 0 saturated carbocycles. The molecule has 0 saturated heterocycles. The van der Waals surface area contributed by atoms with Gasteiger partial charge in [-0.25, -0.2) is 0 Å². The molecule has 13 rings (SSSR count). The second-order valence-electron chi connectivity index (χ2n) is 16.8. The molecule has 0 aliphatic heterocycles. The van der Waals surface area contributed by atoms with Crippen molar-refractivity contribution in [2.45, 2.75) is 0 Å². The highest BCUT2D eigenvalue weighted by molar-refractivity contribution is 7.19. The SMILES string of the molecule is c1ccc([Si](c2ccccc2)(c2ccccc2)c2cccc(-n3c4ccccc4c4ccc(-n5c6ccccc6c6ccccc65)c(-n5c6ccccc6c6ccccc65)c43)c2)cc1. The molecule has 300 valence electrons. The molecule has 0 aliphatic rings. The minimum absolute atomic E-state index is 1.12. The summed E-state index contributed by atoms with van der Waals surface area (Å²) in [6.07, 6.45) is 0. The summed E-state index contributed by atoms with van der Waals surface area (Å²) < 4.78 is 7.60. The number of aromatic nitrogens is 3. The lowest BCUT2D eigenvalue weighted by molar-refractivity contribution is 1.08. The molecule has 0 fully saturated rings. The summed E-state index contributed by atoms with van der Waals surface area (Å²) in [5.74, 6) is 0. The monoisotopic (exact) mass is 831 g/mol. The summed E-state index contributed by atoms with van der Waals surface area (Å²) in [7, 11) is -2.86. The Morgan fingerprint density at radius 3 is 1.06 bits per heavy atom. The molecule has 0 unspecified atom stereocenters. The molecule has 3 heterocycles. The summed E-state index contributed by atoms with van der Waals surface area (Å²) in [6.45, 7) is 0. The molecule has 13 aromatic rings. The van der Waals surface area contributed by atoms with Crippen molar-refractivity contribution in [1.29, 1.82) is 0 Å². The van der Waals surface area contributed by atoms with Crippen molar-refractivity contribution >= 4 is 94.2 Å². The predicted octanol–water partition coefficient (Wildman–Crippen LogP) is 12.4. The van der Waals surface area contributed by atoms with Crippen molar-refractivity contribution in [1.82, 2.24) is 13.7 Å². The Morgan fingerprint density at radius 2 is 0.609 bits per heavy atom. The zero-order chi connectivity index (χ0) is 42.2. The third kappa shape index (κ3) is 5.21. The summed E-state index contributed by atoms with van der Waals surface area (Å²) in [4.78, 5) is 0. The van der Waals surface area contributed by atoms with E-state index in [1.165, 1.54) is 80.6 Å². The van der Waals surface area contributed by atoms with Gasteiger partial charge in [0.05, 0.1) is 44.5 Å². The highest BCUT2D eigenvalue weighted by Gasteiger charge is 2.41. The Labute approximate surface area is 372 Å². The van der Waals surface area contributed by atoms with Crippen molar-refractivity contribution < 1.29 is 0 Å². The van der Waals surface area contributed by atoms with E-state index >= 15 is 0 Å². The zero-order valence-electron chi connectivity index (χ0n) is 35.0. The summed E-state index contributed by atoms with van der Waals surface area (Å²) >= 11 is 0.